The number of rotatable bonds is 0. The van der Waals surface area contributed by atoms with Crippen molar-refractivity contribution in [3.63, 3.8) is 0 Å². The summed E-state index contributed by atoms with van der Waals surface area (Å²) in [4.78, 5) is 21.4. The predicted molar refractivity (Wildman–Crippen MR) is 33.0 cm³/mol. The van der Waals surface area contributed by atoms with Crippen molar-refractivity contribution in [3.8, 4) is 0 Å². The molecule has 2 heterocycles. The second-order valence-electron chi connectivity index (χ2n) is 2.21. The molecule has 48 valence electrons. The number of carbonyl (C=O) groups is 2. The molecule has 2 saturated heterocycles. The zero-order valence-corrected chi connectivity index (χ0v) is 5.46. The van der Waals surface area contributed by atoms with Gasteiger partial charge in [-0.25, -0.2) is 0 Å². The van der Waals surface area contributed by atoms with E-state index in [2.05, 4.69) is 5.32 Å². The quantitative estimate of drug-likeness (QED) is 0.368. The lowest BCUT2D eigenvalue weighted by Crippen LogP contribution is -2.70. The van der Waals surface area contributed by atoms with Crippen molar-refractivity contribution in [1.29, 1.82) is 0 Å². The van der Waals surface area contributed by atoms with Gasteiger partial charge >= 0.3 is 0 Å². The maximum atomic E-state index is 10.7. The number of imide groups is 1. The van der Waals surface area contributed by atoms with Gasteiger partial charge in [-0.2, -0.15) is 0 Å². The Labute approximate surface area is 56.2 Å². The third-order valence-electron chi connectivity index (χ3n) is 1.76. The first-order valence-corrected chi connectivity index (χ1v) is 3.74. The van der Waals surface area contributed by atoms with E-state index in [0.717, 1.165) is 12.2 Å². The van der Waals surface area contributed by atoms with E-state index in [9.17, 15) is 9.59 Å². The summed E-state index contributed by atoms with van der Waals surface area (Å²) in [6, 6.07) is 0. The minimum absolute atomic E-state index is 0.0937. The van der Waals surface area contributed by atoms with Gasteiger partial charge in [0.25, 0.3) is 11.8 Å². The first-order chi connectivity index (χ1) is 4.26. The molecular weight excluding hydrogens is 138 g/mol. The molecule has 2 fully saturated rings. The van der Waals surface area contributed by atoms with Crippen LogP contribution in [0, 0.1) is 0 Å². The van der Waals surface area contributed by atoms with Crippen LogP contribution >= 0.6 is 11.8 Å². The molecule has 0 saturated carbocycles. The van der Waals surface area contributed by atoms with E-state index in [1.807, 2.05) is 0 Å². The smallest absolute Gasteiger partial charge is 0.252 e. The Balaban J connectivity index is 2.26. The Bertz CT molecular complexity index is 181. The zero-order chi connectivity index (χ0) is 6.48. The Morgan fingerprint density at radius 3 is 2.11 bits per heavy atom. The molecule has 2 amide bonds. The van der Waals surface area contributed by atoms with Gasteiger partial charge in [-0.05, 0) is 12.2 Å². The summed E-state index contributed by atoms with van der Waals surface area (Å²) in [5, 5.41) is 2.20. The predicted octanol–water partition coefficient (Wildman–Crippen LogP) is -0.482. The van der Waals surface area contributed by atoms with Crippen LogP contribution in [0.15, 0.2) is 0 Å². The van der Waals surface area contributed by atoms with Gasteiger partial charge in [0.05, 0.1) is 0 Å². The molecule has 9 heavy (non-hydrogen) atoms. The molecule has 0 aromatic rings. The Morgan fingerprint density at radius 2 is 2.00 bits per heavy atom. The molecule has 1 N–H and O–H groups in total. The standard InChI is InChI=1S/C5H5NO2S/c7-3-5(1-2-9-5)4(8)6-3/h1-2H2,(H,6,7,8). The van der Waals surface area contributed by atoms with E-state index in [1.54, 1.807) is 0 Å². The van der Waals surface area contributed by atoms with Crippen LogP contribution in [0.2, 0.25) is 0 Å². The van der Waals surface area contributed by atoms with Crippen molar-refractivity contribution in [3.05, 3.63) is 0 Å². The van der Waals surface area contributed by atoms with Crippen molar-refractivity contribution in [2.24, 2.45) is 0 Å². The van der Waals surface area contributed by atoms with Crippen molar-refractivity contribution in [2.45, 2.75) is 11.2 Å². The number of β-lactam (4-membered cyclic amide) rings is 2. The summed E-state index contributed by atoms with van der Waals surface area (Å²) in [5.74, 6) is 0.756. The molecule has 0 radical (unpaired) electrons. The summed E-state index contributed by atoms with van der Waals surface area (Å²) in [5.41, 5.74) is 0. The molecule has 0 aliphatic carbocycles. The van der Waals surface area contributed by atoms with Crippen LogP contribution < -0.4 is 5.32 Å². The first-order valence-electron chi connectivity index (χ1n) is 2.75. The number of hydrogen-bond donors (Lipinski definition) is 1. The van der Waals surface area contributed by atoms with E-state index in [-0.39, 0.29) is 11.8 Å². The number of carbonyl (C=O) groups excluding carboxylic acids is 2. The lowest BCUT2D eigenvalue weighted by molar-refractivity contribution is -0.146. The van der Waals surface area contributed by atoms with Gasteiger partial charge < -0.3 is 0 Å². The van der Waals surface area contributed by atoms with Gasteiger partial charge in [-0.15, -0.1) is 11.8 Å². The van der Waals surface area contributed by atoms with E-state index >= 15 is 0 Å². The van der Waals surface area contributed by atoms with Crippen molar-refractivity contribution in [1.82, 2.24) is 5.32 Å². The molecule has 2 rings (SSSR count). The average molecular weight is 143 g/mol. The zero-order valence-electron chi connectivity index (χ0n) is 4.64. The maximum absolute atomic E-state index is 10.7. The molecule has 0 atom stereocenters. The molecule has 0 aromatic heterocycles. The Morgan fingerprint density at radius 1 is 1.44 bits per heavy atom. The average Bonchev–Trinajstić information content (AvgIpc) is 1.60. The van der Waals surface area contributed by atoms with E-state index in [4.69, 9.17) is 0 Å². The molecule has 3 nitrogen and oxygen atoms in total. The molecule has 1 spiro atoms. The van der Waals surface area contributed by atoms with Gasteiger partial charge in [0.15, 0.2) is 4.75 Å². The van der Waals surface area contributed by atoms with E-state index < -0.39 is 4.75 Å². The van der Waals surface area contributed by atoms with Crippen LogP contribution in [0.4, 0.5) is 0 Å². The highest BCUT2D eigenvalue weighted by Crippen LogP contribution is 2.45. The fraction of sp³-hybridized carbons (Fsp3) is 0.600. The van der Waals surface area contributed by atoms with Crippen LogP contribution in [-0.4, -0.2) is 22.3 Å². The fourth-order valence-electron chi connectivity index (χ4n) is 1.01. The summed E-state index contributed by atoms with van der Waals surface area (Å²) < 4.78 is -0.611. The highest BCUT2D eigenvalue weighted by molar-refractivity contribution is 8.03. The molecule has 2 aliphatic rings. The lowest BCUT2D eigenvalue weighted by atomic mass is 9.95. The number of hydrogen-bond acceptors (Lipinski definition) is 3. The summed E-state index contributed by atoms with van der Waals surface area (Å²) in [6.07, 6.45) is 0.738. The topological polar surface area (TPSA) is 46.2 Å². The van der Waals surface area contributed by atoms with Gasteiger partial charge in [0.2, 0.25) is 0 Å². The van der Waals surface area contributed by atoms with Crippen LogP contribution in [-0.2, 0) is 9.59 Å². The summed E-state index contributed by atoms with van der Waals surface area (Å²) in [7, 11) is 0. The first kappa shape index (κ1) is 5.29. The molecule has 0 aromatic carbocycles. The third-order valence-corrected chi connectivity index (χ3v) is 3.24. The second-order valence-corrected chi connectivity index (χ2v) is 3.60. The van der Waals surface area contributed by atoms with E-state index in [1.165, 1.54) is 11.8 Å². The Hall–Kier alpha value is -0.510. The van der Waals surface area contributed by atoms with Crippen molar-refractivity contribution in [2.75, 3.05) is 5.75 Å². The molecular formula is C5H5NO2S. The van der Waals surface area contributed by atoms with Gasteiger partial charge in [0, 0.05) is 0 Å². The van der Waals surface area contributed by atoms with Gasteiger partial charge in [0.1, 0.15) is 0 Å². The van der Waals surface area contributed by atoms with Crippen LogP contribution in [0.1, 0.15) is 6.42 Å². The van der Waals surface area contributed by atoms with Gasteiger partial charge in [-0.3, -0.25) is 14.9 Å². The van der Waals surface area contributed by atoms with Crippen LogP contribution in [0.3, 0.4) is 0 Å². The molecule has 4 heteroatoms. The Kier molecular flexibility index (Phi) is 0.773. The lowest BCUT2D eigenvalue weighted by Gasteiger charge is -2.43. The normalized spacial score (nSPS) is 28.9. The maximum Gasteiger partial charge on any atom is 0.252 e. The van der Waals surface area contributed by atoms with Crippen LogP contribution in [0.25, 0.3) is 0 Å². The second kappa shape index (κ2) is 1.31. The number of nitrogens with one attached hydrogen (secondary N) is 1. The largest absolute Gasteiger partial charge is 0.293 e. The minimum Gasteiger partial charge on any atom is -0.293 e. The molecule has 2 aliphatic heterocycles. The molecule has 0 bridgehead atoms. The summed E-state index contributed by atoms with van der Waals surface area (Å²) in [6.45, 7) is 0. The number of thioether (sulfide) groups is 1. The third kappa shape index (κ3) is 0.409. The number of amides is 2. The minimum atomic E-state index is -0.611. The SMILES string of the molecule is O=C1NC(=O)C12CCS2. The van der Waals surface area contributed by atoms with E-state index in [0.29, 0.717) is 0 Å². The highest BCUT2D eigenvalue weighted by atomic mass is 32.2. The van der Waals surface area contributed by atoms with Crippen molar-refractivity contribution < 1.29 is 9.59 Å². The monoisotopic (exact) mass is 143 g/mol. The molecule has 0 unspecified atom stereocenters. The van der Waals surface area contributed by atoms with Gasteiger partial charge in [-0.1, -0.05) is 0 Å². The highest BCUT2D eigenvalue weighted by Gasteiger charge is 2.59. The fourth-order valence-corrected chi connectivity index (χ4v) is 1.99. The van der Waals surface area contributed by atoms with Crippen LogP contribution in [0.5, 0.6) is 0 Å². The summed E-state index contributed by atoms with van der Waals surface area (Å²) >= 11 is 1.45. The van der Waals surface area contributed by atoms with Crippen molar-refractivity contribution >= 4 is 23.6 Å².